The van der Waals surface area contributed by atoms with Crippen LogP contribution in [0.4, 0.5) is 14.5 Å². The van der Waals surface area contributed by atoms with Gasteiger partial charge in [-0.1, -0.05) is 15.9 Å². The number of alkyl halides is 2. The molecule has 0 radical (unpaired) electrons. The van der Waals surface area contributed by atoms with Gasteiger partial charge >= 0.3 is 6.61 Å². The Kier molecular flexibility index (Phi) is 7.02. The first-order chi connectivity index (χ1) is 12.4. The number of methoxy groups -OCH3 is 2. The lowest BCUT2D eigenvalue weighted by Gasteiger charge is -2.13. The van der Waals surface area contributed by atoms with Crippen molar-refractivity contribution in [1.29, 1.82) is 0 Å². The number of guanidine groups is 1. The van der Waals surface area contributed by atoms with Crippen molar-refractivity contribution in [1.82, 2.24) is 0 Å². The van der Waals surface area contributed by atoms with E-state index in [0.29, 0.717) is 27.2 Å². The van der Waals surface area contributed by atoms with E-state index in [-0.39, 0.29) is 18.3 Å². The molecule has 140 valence electrons. The normalized spacial score (nSPS) is 11.4. The molecule has 0 aromatic heterocycles. The van der Waals surface area contributed by atoms with E-state index in [1.807, 2.05) is 0 Å². The second-order valence-electron chi connectivity index (χ2n) is 5.02. The van der Waals surface area contributed by atoms with Crippen LogP contribution in [0.3, 0.4) is 0 Å². The summed E-state index contributed by atoms with van der Waals surface area (Å²) in [6.45, 7) is -2.87. The van der Waals surface area contributed by atoms with Crippen LogP contribution < -0.4 is 25.3 Å². The summed E-state index contributed by atoms with van der Waals surface area (Å²) in [6, 6.07) is 9.85. The molecule has 0 heterocycles. The lowest BCUT2D eigenvalue weighted by Crippen LogP contribution is -2.23. The van der Waals surface area contributed by atoms with Gasteiger partial charge in [-0.15, -0.1) is 0 Å². The quantitative estimate of drug-likeness (QED) is 0.513. The maximum atomic E-state index is 12.5. The van der Waals surface area contributed by atoms with Gasteiger partial charge in [0.05, 0.1) is 26.5 Å². The summed E-state index contributed by atoms with van der Waals surface area (Å²) < 4.78 is 40.6. The van der Waals surface area contributed by atoms with E-state index in [0.717, 1.165) is 0 Å². The van der Waals surface area contributed by atoms with Crippen molar-refractivity contribution in [2.45, 2.75) is 13.2 Å². The number of nitrogens with zero attached hydrogens (tertiary/aromatic N) is 1. The zero-order valence-electron chi connectivity index (χ0n) is 14.1. The van der Waals surface area contributed by atoms with Gasteiger partial charge < -0.3 is 25.3 Å². The predicted octanol–water partition coefficient (Wildman–Crippen LogP) is 3.99. The molecule has 9 heteroatoms. The Bertz CT molecular complexity index is 788. The van der Waals surface area contributed by atoms with E-state index in [1.165, 1.54) is 13.2 Å². The number of ether oxygens (including phenoxy) is 3. The Balaban J connectivity index is 2.17. The zero-order chi connectivity index (χ0) is 19.1. The number of hydrogen-bond donors (Lipinski definition) is 2. The third-order valence-corrected chi connectivity index (χ3v) is 3.82. The topological polar surface area (TPSA) is 78.1 Å². The van der Waals surface area contributed by atoms with Crippen molar-refractivity contribution < 1.29 is 23.0 Å². The first-order valence-electron chi connectivity index (χ1n) is 7.45. The van der Waals surface area contributed by atoms with Gasteiger partial charge in [0.2, 0.25) is 0 Å². The summed E-state index contributed by atoms with van der Waals surface area (Å²) in [4.78, 5) is 4.17. The van der Waals surface area contributed by atoms with E-state index in [9.17, 15) is 8.78 Å². The van der Waals surface area contributed by atoms with Gasteiger partial charge in [0.1, 0.15) is 17.2 Å². The molecule has 26 heavy (non-hydrogen) atoms. The lowest BCUT2D eigenvalue weighted by atomic mass is 10.2. The van der Waals surface area contributed by atoms with E-state index in [1.54, 1.807) is 37.4 Å². The van der Waals surface area contributed by atoms with E-state index in [4.69, 9.17) is 15.2 Å². The molecule has 0 unspecified atom stereocenters. The van der Waals surface area contributed by atoms with Gasteiger partial charge in [-0.3, -0.25) is 0 Å². The number of nitrogens with one attached hydrogen (secondary N) is 1. The molecule has 0 spiro atoms. The van der Waals surface area contributed by atoms with E-state index in [2.05, 4.69) is 31.0 Å². The maximum absolute atomic E-state index is 12.5. The fraction of sp³-hybridized carbons (Fsp3) is 0.235. The highest BCUT2D eigenvalue weighted by atomic mass is 79.9. The molecule has 6 nitrogen and oxygen atoms in total. The van der Waals surface area contributed by atoms with Crippen LogP contribution in [0.5, 0.6) is 17.2 Å². The summed E-state index contributed by atoms with van der Waals surface area (Å²) in [5, 5.41) is 2.90. The first kappa shape index (κ1) is 19.8. The molecule has 0 atom stereocenters. The zero-order valence-corrected chi connectivity index (χ0v) is 15.7. The average Bonchev–Trinajstić information content (AvgIpc) is 2.61. The summed E-state index contributed by atoms with van der Waals surface area (Å²) in [6.07, 6.45) is 0. The van der Waals surface area contributed by atoms with Crippen LogP contribution in [0.2, 0.25) is 0 Å². The predicted molar refractivity (Wildman–Crippen MR) is 99.3 cm³/mol. The van der Waals surface area contributed by atoms with Crippen LogP contribution >= 0.6 is 15.9 Å². The van der Waals surface area contributed by atoms with Crippen molar-refractivity contribution in [3.05, 3.63) is 46.4 Å². The third-order valence-electron chi connectivity index (χ3n) is 3.33. The fourth-order valence-electron chi connectivity index (χ4n) is 2.14. The highest BCUT2D eigenvalue weighted by Gasteiger charge is 2.11. The van der Waals surface area contributed by atoms with Crippen LogP contribution in [0, 0.1) is 0 Å². The summed E-state index contributed by atoms with van der Waals surface area (Å²) in [7, 11) is 3.07. The minimum absolute atomic E-state index is 0.0405. The molecule has 2 rings (SSSR count). The Morgan fingerprint density at radius 3 is 2.54 bits per heavy atom. The largest absolute Gasteiger partial charge is 0.497 e. The minimum Gasteiger partial charge on any atom is -0.497 e. The van der Waals surface area contributed by atoms with Crippen molar-refractivity contribution in [3.8, 4) is 17.2 Å². The van der Waals surface area contributed by atoms with Crippen LogP contribution in [0.1, 0.15) is 5.56 Å². The summed E-state index contributed by atoms with van der Waals surface area (Å²) in [5.74, 6) is 1.28. The number of anilines is 1. The van der Waals surface area contributed by atoms with Crippen molar-refractivity contribution >= 4 is 27.6 Å². The van der Waals surface area contributed by atoms with Gasteiger partial charge in [0.15, 0.2) is 5.96 Å². The standard InChI is InChI=1S/C17H18BrF2N3O3/c1-24-12-4-6-15(25-2)13(8-12)23-17(21)22-9-10-7-11(18)3-5-14(10)26-16(19)20/h3-8,16H,9H2,1-2H3,(H3,21,22,23). The Morgan fingerprint density at radius 1 is 1.15 bits per heavy atom. The smallest absolute Gasteiger partial charge is 0.387 e. The average molecular weight is 430 g/mol. The molecule has 0 aliphatic rings. The van der Waals surface area contributed by atoms with Gasteiger partial charge in [0, 0.05) is 16.1 Å². The van der Waals surface area contributed by atoms with Gasteiger partial charge in [-0.25, -0.2) is 4.99 Å². The van der Waals surface area contributed by atoms with Gasteiger partial charge in [-0.2, -0.15) is 8.78 Å². The van der Waals surface area contributed by atoms with Crippen molar-refractivity contribution in [3.63, 3.8) is 0 Å². The van der Waals surface area contributed by atoms with Gasteiger partial charge in [-0.05, 0) is 30.3 Å². The monoisotopic (exact) mass is 429 g/mol. The molecule has 3 N–H and O–H groups in total. The summed E-state index contributed by atoms with van der Waals surface area (Å²) >= 11 is 3.29. The molecule has 0 bridgehead atoms. The van der Waals surface area contributed by atoms with Crippen LogP contribution in [0.25, 0.3) is 0 Å². The Labute approximate surface area is 158 Å². The molecule has 0 aliphatic carbocycles. The van der Waals surface area contributed by atoms with Crippen LogP contribution in [-0.2, 0) is 6.54 Å². The number of hydrogen-bond acceptors (Lipinski definition) is 4. The molecule has 0 saturated carbocycles. The number of rotatable bonds is 7. The maximum Gasteiger partial charge on any atom is 0.387 e. The van der Waals surface area contributed by atoms with E-state index >= 15 is 0 Å². The number of nitrogens with two attached hydrogens (primary N) is 1. The molecular formula is C17H18BrF2N3O3. The minimum atomic E-state index is -2.92. The van der Waals surface area contributed by atoms with Crippen molar-refractivity contribution in [2.75, 3.05) is 19.5 Å². The Morgan fingerprint density at radius 2 is 1.88 bits per heavy atom. The molecule has 0 aliphatic heterocycles. The lowest BCUT2D eigenvalue weighted by molar-refractivity contribution is -0.0504. The van der Waals surface area contributed by atoms with Crippen LogP contribution in [0.15, 0.2) is 45.9 Å². The fourth-order valence-corrected chi connectivity index (χ4v) is 2.55. The third kappa shape index (κ3) is 5.48. The number of halogens is 3. The van der Waals surface area contributed by atoms with E-state index < -0.39 is 6.61 Å². The number of aliphatic imine (C=N–C) groups is 1. The van der Waals surface area contributed by atoms with Gasteiger partial charge in [0.25, 0.3) is 0 Å². The molecule has 0 fully saturated rings. The highest BCUT2D eigenvalue weighted by molar-refractivity contribution is 9.10. The highest BCUT2D eigenvalue weighted by Crippen LogP contribution is 2.29. The molecule has 2 aromatic rings. The second-order valence-corrected chi connectivity index (χ2v) is 5.94. The van der Waals surface area contributed by atoms with Crippen molar-refractivity contribution in [2.24, 2.45) is 10.7 Å². The second kappa shape index (κ2) is 9.23. The number of benzene rings is 2. The molecular weight excluding hydrogens is 412 g/mol. The van der Waals surface area contributed by atoms with Crippen LogP contribution in [-0.4, -0.2) is 26.8 Å². The SMILES string of the molecule is COc1ccc(OC)c(NC(N)=NCc2cc(Br)ccc2OC(F)F)c1. The summed E-state index contributed by atoms with van der Waals surface area (Å²) in [5.41, 5.74) is 6.92. The molecule has 2 aromatic carbocycles. The molecule has 0 saturated heterocycles. The first-order valence-corrected chi connectivity index (χ1v) is 8.24. The molecule has 0 amide bonds. The Hall–Kier alpha value is -2.55.